The molecule has 0 fully saturated rings. The third kappa shape index (κ3) is 3.41. The van der Waals surface area contributed by atoms with Crippen LogP contribution in [0.1, 0.15) is 17.3 Å². The van der Waals surface area contributed by atoms with Gasteiger partial charge < -0.3 is 4.74 Å². The van der Waals surface area contributed by atoms with E-state index in [9.17, 15) is 9.18 Å². The molecule has 98 valence electrons. The topological polar surface area (TPSA) is 26.3 Å². The molecule has 0 radical (unpaired) electrons. The molecule has 0 aliphatic carbocycles. The maximum absolute atomic E-state index is 13.6. The Kier molecular flexibility index (Phi) is 4.32. The van der Waals surface area contributed by atoms with Gasteiger partial charge in [-0.2, -0.15) is 0 Å². The highest BCUT2D eigenvalue weighted by atomic mass is 79.9. The maximum Gasteiger partial charge on any atom is 0.202 e. The number of halogens is 2. The van der Waals surface area contributed by atoms with Gasteiger partial charge in [-0.05, 0) is 25.1 Å². The first-order valence-electron chi connectivity index (χ1n) is 5.79. The monoisotopic (exact) mass is 322 g/mol. The third-order valence-corrected chi connectivity index (χ3v) is 3.12. The maximum atomic E-state index is 13.6. The molecule has 0 aromatic heterocycles. The molecule has 0 heterocycles. The van der Waals surface area contributed by atoms with Crippen molar-refractivity contribution in [3.8, 4) is 5.75 Å². The molecule has 2 aromatic rings. The number of hydrogen-bond donors (Lipinski definition) is 0. The quantitative estimate of drug-likeness (QED) is 0.787. The summed E-state index contributed by atoms with van der Waals surface area (Å²) in [5.41, 5.74) is 0.549. The minimum Gasteiger partial charge on any atom is -0.479 e. The summed E-state index contributed by atoms with van der Waals surface area (Å²) in [6.07, 6.45) is -0.738. The summed E-state index contributed by atoms with van der Waals surface area (Å²) in [6.45, 7) is 1.61. The van der Waals surface area contributed by atoms with Crippen molar-refractivity contribution >= 4 is 21.7 Å². The Bertz CT molecular complexity index is 584. The van der Waals surface area contributed by atoms with Crippen LogP contribution in [0, 0.1) is 5.82 Å². The fourth-order valence-corrected chi connectivity index (χ4v) is 1.99. The van der Waals surface area contributed by atoms with E-state index in [4.69, 9.17) is 4.74 Å². The van der Waals surface area contributed by atoms with Gasteiger partial charge in [-0.15, -0.1) is 0 Å². The molecule has 0 aliphatic heterocycles. The second-order valence-electron chi connectivity index (χ2n) is 4.07. The summed E-state index contributed by atoms with van der Waals surface area (Å²) in [5.74, 6) is -0.606. The molecule has 19 heavy (non-hydrogen) atoms. The largest absolute Gasteiger partial charge is 0.479 e. The Morgan fingerprint density at radius 2 is 1.89 bits per heavy atom. The zero-order chi connectivity index (χ0) is 13.8. The lowest BCUT2D eigenvalue weighted by Gasteiger charge is -2.14. The zero-order valence-electron chi connectivity index (χ0n) is 10.3. The third-order valence-electron chi connectivity index (χ3n) is 2.63. The Balaban J connectivity index is 2.13. The molecule has 2 aromatic carbocycles. The number of benzene rings is 2. The Morgan fingerprint density at radius 1 is 1.21 bits per heavy atom. The normalized spacial score (nSPS) is 11.9. The molecule has 4 heteroatoms. The molecule has 0 bridgehead atoms. The highest BCUT2D eigenvalue weighted by molar-refractivity contribution is 9.10. The smallest absolute Gasteiger partial charge is 0.202 e. The highest BCUT2D eigenvalue weighted by Gasteiger charge is 2.18. The van der Waals surface area contributed by atoms with Crippen molar-refractivity contribution in [3.05, 3.63) is 64.4 Å². The Morgan fingerprint density at radius 3 is 2.53 bits per heavy atom. The summed E-state index contributed by atoms with van der Waals surface area (Å²) in [6, 6.07) is 13.3. The van der Waals surface area contributed by atoms with Gasteiger partial charge in [0.05, 0.1) is 0 Å². The SMILES string of the molecule is C[C@H](Oc1ccc(Br)cc1F)C(=O)c1ccccc1. The molecular weight excluding hydrogens is 311 g/mol. The molecule has 0 amide bonds. The lowest BCUT2D eigenvalue weighted by molar-refractivity contribution is 0.0812. The van der Waals surface area contributed by atoms with Gasteiger partial charge >= 0.3 is 0 Å². The Labute approximate surface area is 119 Å². The lowest BCUT2D eigenvalue weighted by atomic mass is 10.1. The second-order valence-corrected chi connectivity index (χ2v) is 4.98. The molecule has 2 nitrogen and oxygen atoms in total. The summed E-state index contributed by atoms with van der Waals surface area (Å²) in [4.78, 5) is 12.1. The molecule has 1 atom stereocenters. The van der Waals surface area contributed by atoms with E-state index in [-0.39, 0.29) is 11.5 Å². The van der Waals surface area contributed by atoms with Crippen molar-refractivity contribution in [2.75, 3.05) is 0 Å². The highest BCUT2D eigenvalue weighted by Crippen LogP contribution is 2.23. The number of hydrogen-bond acceptors (Lipinski definition) is 2. The van der Waals surface area contributed by atoms with Gasteiger partial charge in [0.15, 0.2) is 17.7 Å². The van der Waals surface area contributed by atoms with E-state index in [1.165, 1.54) is 12.1 Å². The molecule has 0 N–H and O–H groups in total. The van der Waals surface area contributed by atoms with Crippen LogP contribution in [-0.2, 0) is 0 Å². The van der Waals surface area contributed by atoms with E-state index in [0.717, 1.165) is 0 Å². The first-order valence-corrected chi connectivity index (χ1v) is 6.58. The fourth-order valence-electron chi connectivity index (χ4n) is 1.65. The van der Waals surface area contributed by atoms with Crippen LogP contribution in [0.15, 0.2) is 53.0 Å². The van der Waals surface area contributed by atoms with Crippen molar-refractivity contribution in [1.82, 2.24) is 0 Å². The van der Waals surface area contributed by atoms with E-state index in [0.29, 0.717) is 10.0 Å². The van der Waals surface area contributed by atoms with Crippen LogP contribution in [0.3, 0.4) is 0 Å². The first-order chi connectivity index (χ1) is 9.08. The van der Waals surface area contributed by atoms with Crippen molar-refractivity contribution in [3.63, 3.8) is 0 Å². The van der Waals surface area contributed by atoms with Crippen LogP contribution >= 0.6 is 15.9 Å². The summed E-state index contributed by atoms with van der Waals surface area (Å²) in [7, 11) is 0. The number of ether oxygens (including phenoxy) is 1. The summed E-state index contributed by atoms with van der Waals surface area (Å²) >= 11 is 3.17. The van der Waals surface area contributed by atoms with Gasteiger partial charge in [0, 0.05) is 10.0 Å². The minimum absolute atomic E-state index is 0.0694. The minimum atomic E-state index is -0.738. The predicted molar refractivity (Wildman–Crippen MR) is 75.0 cm³/mol. The van der Waals surface area contributed by atoms with Crippen LogP contribution in [-0.4, -0.2) is 11.9 Å². The van der Waals surface area contributed by atoms with Crippen LogP contribution in [0.2, 0.25) is 0 Å². The average molecular weight is 323 g/mol. The van der Waals surface area contributed by atoms with Crippen LogP contribution < -0.4 is 4.74 Å². The van der Waals surface area contributed by atoms with Gasteiger partial charge in [-0.25, -0.2) is 4.39 Å². The average Bonchev–Trinajstić information content (AvgIpc) is 2.42. The number of rotatable bonds is 4. The fraction of sp³-hybridized carbons (Fsp3) is 0.133. The first kappa shape index (κ1) is 13.7. The number of carbonyl (C=O) groups excluding carboxylic acids is 1. The molecule has 0 saturated heterocycles. The van der Waals surface area contributed by atoms with E-state index in [1.807, 2.05) is 6.07 Å². The van der Waals surface area contributed by atoms with Gasteiger partial charge in [0.25, 0.3) is 0 Å². The molecule has 0 aliphatic rings. The summed E-state index contributed by atoms with van der Waals surface area (Å²) < 4.78 is 19.6. The van der Waals surface area contributed by atoms with Gasteiger partial charge in [0.1, 0.15) is 0 Å². The molecule has 0 spiro atoms. The van der Waals surface area contributed by atoms with Crippen molar-refractivity contribution in [2.24, 2.45) is 0 Å². The van der Waals surface area contributed by atoms with Crippen LogP contribution in [0.25, 0.3) is 0 Å². The van der Waals surface area contributed by atoms with Gasteiger partial charge in [0.2, 0.25) is 5.78 Å². The Hall–Kier alpha value is -1.68. The lowest BCUT2D eigenvalue weighted by Crippen LogP contribution is -2.24. The van der Waals surface area contributed by atoms with Crippen molar-refractivity contribution in [1.29, 1.82) is 0 Å². The standard InChI is InChI=1S/C15H12BrFO2/c1-10(15(18)11-5-3-2-4-6-11)19-14-8-7-12(16)9-13(14)17/h2-10H,1H3/t10-/m0/s1. The molecular formula is C15H12BrFO2. The molecule has 0 unspecified atom stereocenters. The van der Waals surface area contributed by atoms with Crippen LogP contribution in [0.5, 0.6) is 5.75 Å². The molecule has 2 rings (SSSR count). The number of carbonyl (C=O) groups is 1. The van der Waals surface area contributed by atoms with E-state index in [2.05, 4.69) is 15.9 Å². The van der Waals surface area contributed by atoms with E-state index >= 15 is 0 Å². The second kappa shape index (κ2) is 5.97. The number of Topliss-reactive ketones (excluding diaryl/α,β-unsaturated/α-hetero) is 1. The predicted octanol–water partition coefficient (Wildman–Crippen LogP) is 4.24. The van der Waals surface area contributed by atoms with Crippen molar-refractivity contribution in [2.45, 2.75) is 13.0 Å². The van der Waals surface area contributed by atoms with E-state index < -0.39 is 11.9 Å². The summed E-state index contributed by atoms with van der Waals surface area (Å²) in [5, 5.41) is 0. The van der Waals surface area contributed by atoms with Gasteiger partial charge in [-0.3, -0.25) is 4.79 Å². The zero-order valence-corrected chi connectivity index (χ0v) is 11.9. The van der Waals surface area contributed by atoms with Crippen molar-refractivity contribution < 1.29 is 13.9 Å². The van der Waals surface area contributed by atoms with Gasteiger partial charge in [-0.1, -0.05) is 46.3 Å². The molecule has 0 saturated carbocycles. The van der Waals surface area contributed by atoms with Crippen LogP contribution in [0.4, 0.5) is 4.39 Å². The number of ketones is 1. The van der Waals surface area contributed by atoms with E-state index in [1.54, 1.807) is 37.3 Å².